The molecule has 2 rings (SSSR count). The van der Waals surface area contributed by atoms with Gasteiger partial charge in [-0.1, -0.05) is 54.6 Å². The van der Waals surface area contributed by atoms with Crippen molar-refractivity contribution >= 4 is 27.8 Å². The smallest absolute Gasteiger partial charge is 0.257 e. The van der Waals surface area contributed by atoms with Crippen molar-refractivity contribution in [3.8, 4) is 0 Å². The first-order chi connectivity index (χ1) is 11.5. The van der Waals surface area contributed by atoms with Crippen LogP contribution in [0.4, 0.5) is 5.69 Å². The Morgan fingerprint density at radius 1 is 1.08 bits per heavy atom. The van der Waals surface area contributed by atoms with Crippen molar-refractivity contribution in [2.45, 2.75) is 0 Å². The highest BCUT2D eigenvalue weighted by molar-refractivity contribution is 7.95. The maximum Gasteiger partial charge on any atom is 0.257 e. The lowest BCUT2D eigenvalue weighted by Crippen LogP contribution is -2.33. The second-order valence-corrected chi connectivity index (χ2v) is 6.63. The lowest BCUT2D eigenvalue weighted by Gasteiger charge is -2.24. The Bertz CT molecular complexity index is 858. The molecule has 0 aromatic heterocycles. The lowest BCUT2D eigenvalue weighted by molar-refractivity contribution is -0.254. The van der Waals surface area contributed by atoms with E-state index >= 15 is 0 Å². The number of hydrogen-bond acceptors (Lipinski definition) is 4. The Labute approximate surface area is 141 Å². The van der Waals surface area contributed by atoms with Gasteiger partial charge in [0.05, 0.1) is 23.6 Å². The van der Waals surface area contributed by atoms with E-state index < -0.39 is 16.0 Å². The zero-order valence-electron chi connectivity index (χ0n) is 12.8. The minimum absolute atomic E-state index is 0.0371. The Morgan fingerprint density at radius 2 is 1.71 bits per heavy atom. The van der Waals surface area contributed by atoms with Crippen LogP contribution >= 0.6 is 0 Å². The number of para-hydroxylation sites is 1. The molecule has 0 unspecified atom stereocenters. The second-order valence-electron chi connectivity index (χ2n) is 4.88. The molecule has 6 heteroatoms. The number of rotatable bonds is 7. The number of sulfonamides is 1. The van der Waals surface area contributed by atoms with Gasteiger partial charge < -0.3 is 9.90 Å². The first-order valence-electron chi connectivity index (χ1n) is 7.13. The van der Waals surface area contributed by atoms with Crippen LogP contribution in [-0.2, 0) is 10.0 Å². The molecule has 0 spiro atoms. The highest BCUT2D eigenvalue weighted by Crippen LogP contribution is 2.24. The summed E-state index contributed by atoms with van der Waals surface area (Å²) in [4.78, 5) is 11.3. The molecule has 0 amide bonds. The van der Waals surface area contributed by atoms with Crippen molar-refractivity contribution in [2.24, 2.45) is 0 Å². The number of carboxylic acids is 1. The first kappa shape index (κ1) is 17.5. The molecule has 2 aromatic carbocycles. The number of hydrogen-bond donors (Lipinski definition) is 0. The van der Waals surface area contributed by atoms with E-state index in [0.29, 0.717) is 5.56 Å². The molecular weight excluding hydrogens is 326 g/mol. The Morgan fingerprint density at radius 3 is 2.33 bits per heavy atom. The van der Waals surface area contributed by atoms with Crippen molar-refractivity contribution in [1.82, 2.24) is 0 Å². The number of aromatic carboxylic acids is 1. The van der Waals surface area contributed by atoms with Gasteiger partial charge in [0, 0.05) is 5.56 Å². The number of carbonyl (C=O) groups excluding carboxylic acids is 1. The van der Waals surface area contributed by atoms with Crippen LogP contribution in [0.3, 0.4) is 0 Å². The van der Waals surface area contributed by atoms with Gasteiger partial charge in [-0.2, -0.15) is 0 Å². The van der Waals surface area contributed by atoms with Gasteiger partial charge in [-0.25, -0.2) is 8.42 Å². The van der Waals surface area contributed by atoms with E-state index in [0.717, 1.165) is 9.71 Å². The molecular formula is C18H16NO4S-. The van der Waals surface area contributed by atoms with Gasteiger partial charge in [-0.15, -0.1) is 6.58 Å². The van der Waals surface area contributed by atoms with Gasteiger partial charge in [0.1, 0.15) is 0 Å². The Hall–Kier alpha value is -2.86. The van der Waals surface area contributed by atoms with Gasteiger partial charge in [-0.3, -0.25) is 4.31 Å². The standard InChI is InChI=1S/C18H17NO4S/c1-2-13-19(17-11-7-6-10-16(17)18(20)21)24(22,23)14-12-15-8-4-3-5-9-15/h2-12,14H,1,13H2,(H,20,21)/p-1. The summed E-state index contributed by atoms with van der Waals surface area (Å²) in [5.41, 5.74) is 0.555. The van der Waals surface area contributed by atoms with E-state index in [-0.39, 0.29) is 17.8 Å². The lowest BCUT2D eigenvalue weighted by atomic mass is 10.2. The zero-order valence-corrected chi connectivity index (χ0v) is 13.6. The van der Waals surface area contributed by atoms with E-state index in [1.165, 1.54) is 30.4 Å². The van der Waals surface area contributed by atoms with Gasteiger partial charge in [-0.05, 0) is 17.7 Å². The van der Waals surface area contributed by atoms with Gasteiger partial charge in [0.2, 0.25) is 0 Å². The van der Waals surface area contributed by atoms with E-state index in [4.69, 9.17) is 0 Å². The summed E-state index contributed by atoms with van der Waals surface area (Å²) in [6.07, 6.45) is 2.84. The third-order valence-corrected chi connectivity index (χ3v) is 4.67. The number of carboxylic acid groups (broad SMARTS) is 1. The Kier molecular flexibility index (Phi) is 5.55. The molecule has 0 aliphatic heterocycles. The maximum atomic E-state index is 12.6. The second kappa shape index (κ2) is 7.61. The van der Waals surface area contributed by atoms with E-state index in [9.17, 15) is 18.3 Å². The van der Waals surface area contributed by atoms with Crippen LogP contribution in [0.2, 0.25) is 0 Å². The largest absolute Gasteiger partial charge is 0.545 e. The van der Waals surface area contributed by atoms with Gasteiger partial charge >= 0.3 is 0 Å². The van der Waals surface area contributed by atoms with E-state index in [1.807, 2.05) is 6.07 Å². The summed E-state index contributed by atoms with van der Waals surface area (Å²) < 4.78 is 26.3. The minimum atomic E-state index is -3.90. The molecule has 0 N–H and O–H groups in total. The van der Waals surface area contributed by atoms with Gasteiger partial charge in [0.25, 0.3) is 10.0 Å². The number of nitrogens with zero attached hydrogens (tertiary/aromatic N) is 1. The molecule has 0 fully saturated rings. The van der Waals surface area contributed by atoms with Crippen molar-refractivity contribution in [3.05, 3.63) is 83.8 Å². The third-order valence-electron chi connectivity index (χ3n) is 3.23. The summed E-state index contributed by atoms with van der Waals surface area (Å²) in [5, 5.41) is 12.3. The monoisotopic (exact) mass is 342 g/mol. The summed E-state index contributed by atoms with van der Waals surface area (Å²) in [6.45, 7) is 3.48. The van der Waals surface area contributed by atoms with Crippen molar-refractivity contribution in [1.29, 1.82) is 0 Å². The average Bonchev–Trinajstić information content (AvgIpc) is 2.59. The van der Waals surface area contributed by atoms with E-state index in [1.54, 1.807) is 30.3 Å². The fraction of sp³-hybridized carbons (Fsp3) is 0.0556. The zero-order chi connectivity index (χ0) is 17.6. The van der Waals surface area contributed by atoms with Crippen LogP contribution in [0.1, 0.15) is 15.9 Å². The SMILES string of the molecule is C=CCN(c1ccccc1C(=O)[O-])S(=O)(=O)C=Cc1ccccc1. The maximum absolute atomic E-state index is 12.6. The topological polar surface area (TPSA) is 77.5 Å². The predicted molar refractivity (Wildman–Crippen MR) is 92.7 cm³/mol. The summed E-state index contributed by atoms with van der Waals surface area (Å²) >= 11 is 0. The van der Waals surface area contributed by atoms with Crippen LogP contribution in [-0.4, -0.2) is 20.9 Å². The minimum Gasteiger partial charge on any atom is -0.545 e. The summed E-state index contributed by atoms with van der Waals surface area (Å²) in [7, 11) is -3.90. The molecule has 0 saturated heterocycles. The van der Waals surface area contributed by atoms with Crippen LogP contribution in [0.5, 0.6) is 0 Å². The first-order valence-corrected chi connectivity index (χ1v) is 8.63. The quantitative estimate of drug-likeness (QED) is 0.722. The van der Waals surface area contributed by atoms with Crippen molar-refractivity contribution < 1.29 is 18.3 Å². The van der Waals surface area contributed by atoms with Crippen molar-refractivity contribution in [3.63, 3.8) is 0 Å². The van der Waals surface area contributed by atoms with Crippen LogP contribution in [0.25, 0.3) is 6.08 Å². The molecule has 24 heavy (non-hydrogen) atoms. The molecule has 5 nitrogen and oxygen atoms in total. The van der Waals surface area contributed by atoms with Gasteiger partial charge in [0.15, 0.2) is 0 Å². The molecule has 0 aliphatic rings. The number of anilines is 1. The molecule has 0 heterocycles. The average molecular weight is 342 g/mol. The molecule has 0 bridgehead atoms. The van der Waals surface area contributed by atoms with Crippen LogP contribution in [0.15, 0.2) is 72.7 Å². The van der Waals surface area contributed by atoms with E-state index in [2.05, 4.69) is 6.58 Å². The molecule has 0 aliphatic carbocycles. The number of carbonyl (C=O) groups is 1. The molecule has 0 saturated carbocycles. The number of benzene rings is 2. The highest BCUT2D eigenvalue weighted by atomic mass is 32.2. The van der Waals surface area contributed by atoms with Crippen LogP contribution in [0, 0.1) is 0 Å². The third kappa shape index (κ3) is 4.11. The van der Waals surface area contributed by atoms with Crippen LogP contribution < -0.4 is 9.41 Å². The molecule has 0 radical (unpaired) electrons. The Balaban J connectivity index is 2.45. The van der Waals surface area contributed by atoms with Crippen molar-refractivity contribution in [2.75, 3.05) is 10.8 Å². The highest BCUT2D eigenvalue weighted by Gasteiger charge is 2.21. The normalized spacial score (nSPS) is 11.3. The molecule has 124 valence electrons. The summed E-state index contributed by atoms with van der Waals surface area (Å²) in [6, 6.07) is 14.7. The molecule has 0 atom stereocenters. The fourth-order valence-electron chi connectivity index (χ4n) is 2.12. The fourth-order valence-corrected chi connectivity index (χ4v) is 3.35. The molecule has 2 aromatic rings. The predicted octanol–water partition coefficient (Wildman–Crippen LogP) is 2.04. The summed E-state index contributed by atoms with van der Waals surface area (Å²) in [5.74, 6) is -1.44.